The third-order valence-electron chi connectivity index (χ3n) is 1.73. The third kappa shape index (κ3) is 4.13. The Morgan fingerprint density at radius 3 is 2.53 bits per heavy atom. The number of phenolic OH excluding ortho intramolecular Hbond substituents is 1. The van der Waals surface area contributed by atoms with Crippen LogP contribution >= 0.6 is 0 Å². The van der Waals surface area contributed by atoms with Gasteiger partial charge in [0.25, 0.3) is 0 Å². The van der Waals surface area contributed by atoms with Crippen molar-refractivity contribution in [3.8, 4) is 5.75 Å². The van der Waals surface area contributed by atoms with Crippen LogP contribution in [0.1, 0.15) is 5.56 Å². The zero-order valence-corrected chi connectivity index (χ0v) is 8.38. The molecule has 15 heavy (non-hydrogen) atoms. The number of methoxy groups -OCH3 is 1. The molecule has 0 aliphatic carbocycles. The molecule has 3 heteroatoms. The van der Waals surface area contributed by atoms with Crippen molar-refractivity contribution in [3.05, 3.63) is 48.1 Å². The monoisotopic (exact) mass is 204 g/mol. The lowest BCUT2D eigenvalue weighted by molar-refractivity contribution is -0.134. The number of hydrogen-bond donors (Lipinski definition) is 1. The fourth-order valence-electron chi connectivity index (χ4n) is 0.954. The first-order valence-electron chi connectivity index (χ1n) is 4.44. The van der Waals surface area contributed by atoms with Crippen molar-refractivity contribution in [2.45, 2.75) is 0 Å². The summed E-state index contributed by atoms with van der Waals surface area (Å²) in [5.41, 5.74) is 0.947. The van der Waals surface area contributed by atoms with Gasteiger partial charge in [-0.25, -0.2) is 4.79 Å². The SMILES string of the molecule is COC(=O)/C=C\C=C\c1ccc(O)cc1. The highest BCUT2D eigenvalue weighted by Crippen LogP contribution is 2.10. The minimum atomic E-state index is -0.384. The number of aromatic hydroxyl groups is 1. The molecule has 0 unspecified atom stereocenters. The zero-order valence-electron chi connectivity index (χ0n) is 8.38. The van der Waals surface area contributed by atoms with Gasteiger partial charge in [-0.1, -0.05) is 30.4 Å². The fourth-order valence-corrected chi connectivity index (χ4v) is 0.954. The number of carbonyl (C=O) groups is 1. The van der Waals surface area contributed by atoms with Gasteiger partial charge in [0.05, 0.1) is 7.11 Å². The van der Waals surface area contributed by atoms with E-state index in [4.69, 9.17) is 5.11 Å². The predicted molar refractivity (Wildman–Crippen MR) is 58.3 cm³/mol. The molecule has 0 amide bonds. The maximum absolute atomic E-state index is 10.7. The van der Waals surface area contributed by atoms with Crippen molar-refractivity contribution >= 4 is 12.0 Å². The molecule has 0 aliphatic rings. The van der Waals surface area contributed by atoms with E-state index < -0.39 is 0 Å². The Morgan fingerprint density at radius 1 is 1.27 bits per heavy atom. The second kappa shape index (κ2) is 5.65. The second-order valence-electron chi connectivity index (χ2n) is 2.83. The van der Waals surface area contributed by atoms with E-state index in [2.05, 4.69) is 4.74 Å². The number of rotatable bonds is 3. The summed E-state index contributed by atoms with van der Waals surface area (Å²) in [6.07, 6.45) is 6.47. The molecule has 0 fully saturated rings. The van der Waals surface area contributed by atoms with Gasteiger partial charge in [-0.15, -0.1) is 0 Å². The number of hydrogen-bond acceptors (Lipinski definition) is 3. The zero-order chi connectivity index (χ0) is 11.1. The number of allylic oxidation sites excluding steroid dienone is 2. The average molecular weight is 204 g/mol. The molecule has 78 valence electrons. The molecule has 0 saturated carbocycles. The maximum atomic E-state index is 10.7. The third-order valence-corrected chi connectivity index (χ3v) is 1.73. The van der Waals surface area contributed by atoms with Crippen LogP contribution in [0.4, 0.5) is 0 Å². The van der Waals surface area contributed by atoms with Crippen LogP contribution in [0.5, 0.6) is 5.75 Å². The molecule has 0 spiro atoms. The summed E-state index contributed by atoms with van der Waals surface area (Å²) < 4.78 is 4.43. The molecule has 0 atom stereocenters. The Morgan fingerprint density at radius 2 is 1.93 bits per heavy atom. The lowest BCUT2D eigenvalue weighted by Gasteiger charge is -1.92. The van der Waals surface area contributed by atoms with Gasteiger partial charge in [0, 0.05) is 6.08 Å². The summed E-state index contributed by atoms with van der Waals surface area (Å²) in [6, 6.07) is 6.75. The van der Waals surface area contributed by atoms with Crippen LogP contribution in [0.3, 0.4) is 0 Å². The first-order valence-corrected chi connectivity index (χ1v) is 4.44. The van der Waals surface area contributed by atoms with Gasteiger partial charge >= 0.3 is 5.97 Å². The first-order chi connectivity index (χ1) is 7.22. The highest BCUT2D eigenvalue weighted by molar-refractivity contribution is 5.82. The van der Waals surface area contributed by atoms with E-state index >= 15 is 0 Å². The molecular weight excluding hydrogens is 192 g/mol. The van der Waals surface area contributed by atoms with E-state index in [9.17, 15) is 4.79 Å². The molecule has 0 aromatic heterocycles. The molecule has 0 heterocycles. The van der Waals surface area contributed by atoms with Crippen LogP contribution in [-0.2, 0) is 9.53 Å². The predicted octanol–water partition coefficient (Wildman–Crippen LogP) is 2.13. The van der Waals surface area contributed by atoms with Gasteiger partial charge in [-0.3, -0.25) is 0 Å². The van der Waals surface area contributed by atoms with Crippen molar-refractivity contribution in [1.82, 2.24) is 0 Å². The van der Waals surface area contributed by atoms with E-state index in [1.807, 2.05) is 6.08 Å². The first kappa shape index (κ1) is 11.0. The summed E-state index contributed by atoms with van der Waals surface area (Å²) in [4.78, 5) is 10.7. The molecular formula is C12H12O3. The Bertz CT molecular complexity index is 374. The number of phenols is 1. The van der Waals surface area contributed by atoms with Crippen molar-refractivity contribution < 1.29 is 14.6 Å². The molecule has 1 N–H and O–H groups in total. The van der Waals surface area contributed by atoms with Gasteiger partial charge in [-0.2, -0.15) is 0 Å². The Balaban J connectivity index is 2.55. The number of carbonyl (C=O) groups excluding carboxylic acids is 1. The molecule has 0 aliphatic heterocycles. The van der Waals surface area contributed by atoms with Crippen LogP contribution in [0, 0.1) is 0 Å². The van der Waals surface area contributed by atoms with Crippen LogP contribution in [0.2, 0.25) is 0 Å². The Kier molecular flexibility index (Phi) is 4.16. The number of ether oxygens (including phenoxy) is 1. The van der Waals surface area contributed by atoms with Gasteiger partial charge in [0.2, 0.25) is 0 Å². The van der Waals surface area contributed by atoms with Crippen molar-refractivity contribution in [1.29, 1.82) is 0 Å². The molecule has 1 aromatic carbocycles. The van der Waals surface area contributed by atoms with Gasteiger partial charge in [0.15, 0.2) is 0 Å². The molecule has 3 nitrogen and oxygen atoms in total. The van der Waals surface area contributed by atoms with Gasteiger partial charge in [-0.05, 0) is 17.7 Å². The summed E-state index contributed by atoms with van der Waals surface area (Å²) in [5, 5.41) is 9.03. The topological polar surface area (TPSA) is 46.5 Å². The maximum Gasteiger partial charge on any atom is 0.330 e. The van der Waals surface area contributed by atoms with Crippen molar-refractivity contribution in [2.24, 2.45) is 0 Å². The molecule has 1 rings (SSSR count). The molecule has 0 radical (unpaired) electrons. The molecule has 0 saturated heterocycles. The molecule has 0 bridgehead atoms. The van der Waals surface area contributed by atoms with Crippen LogP contribution < -0.4 is 0 Å². The van der Waals surface area contributed by atoms with Crippen LogP contribution in [0.25, 0.3) is 6.08 Å². The van der Waals surface area contributed by atoms with Crippen LogP contribution in [0.15, 0.2) is 42.5 Å². The largest absolute Gasteiger partial charge is 0.508 e. The van der Waals surface area contributed by atoms with Gasteiger partial charge in [0.1, 0.15) is 5.75 Å². The summed E-state index contributed by atoms with van der Waals surface area (Å²) in [7, 11) is 1.33. The second-order valence-corrected chi connectivity index (χ2v) is 2.83. The summed E-state index contributed by atoms with van der Waals surface area (Å²) >= 11 is 0. The van der Waals surface area contributed by atoms with Crippen molar-refractivity contribution in [3.63, 3.8) is 0 Å². The minimum Gasteiger partial charge on any atom is -0.508 e. The minimum absolute atomic E-state index is 0.234. The van der Waals surface area contributed by atoms with E-state index in [0.29, 0.717) is 0 Å². The molecule has 1 aromatic rings. The summed E-state index contributed by atoms with van der Waals surface area (Å²) in [5.74, 6) is -0.150. The van der Waals surface area contributed by atoms with E-state index in [1.54, 1.807) is 36.4 Å². The lowest BCUT2D eigenvalue weighted by atomic mass is 10.2. The van der Waals surface area contributed by atoms with E-state index in [0.717, 1.165) is 5.56 Å². The van der Waals surface area contributed by atoms with E-state index in [1.165, 1.54) is 13.2 Å². The fraction of sp³-hybridized carbons (Fsp3) is 0.0833. The Hall–Kier alpha value is -2.03. The Labute approximate surface area is 88.3 Å². The van der Waals surface area contributed by atoms with Gasteiger partial charge < -0.3 is 9.84 Å². The highest BCUT2D eigenvalue weighted by atomic mass is 16.5. The number of benzene rings is 1. The van der Waals surface area contributed by atoms with Crippen LogP contribution in [-0.4, -0.2) is 18.2 Å². The lowest BCUT2D eigenvalue weighted by Crippen LogP contribution is -1.92. The smallest absolute Gasteiger partial charge is 0.330 e. The number of esters is 1. The summed E-state index contributed by atoms with van der Waals surface area (Å²) in [6.45, 7) is 0. The van der Waals surface area contributed by atoms with Crippen molar-refractivity contribution in [2.75, 3.05) is 7.11 Å². The average Bonchev–Trinajstić information content (AvgIpc) is 2.26. The highest BCUT2D eigenvalue weighted by Gasteiger charge is 1.88. The normalized spacial score (nSPS) is 11.0. The van der Waals surface area contributed by atoms with E-state index in [-0.39, 0.29) is 11.7 Å². The quantitative estimate of drug-likeness (QED) is 0.466. The standard InChI is InChI=1S/C12H12O3/c1-15-12(14)5-3-2-4-10-6-8-11(13)9-7-10/h2-9,13H,1H3/b4-2+,5-3-.